The van der Waals surface area contributed by atoms with E-state index in [0.29, 0.717) is 26.6 Å². The third-order valence-corrected chi connectivity index (χ3v) is 7.46. The number of amides is 2. The van der Waals surface area contributed by atoms with Crippen LogP contribution in [-0.2, 0) is 11.8 Å². The minimum atomic E-state index is -0.440. The van der Waals surface area contributed by atoms with Crippen LogP contribution >= 0.6 is 69.8 Å². The summed E-state index contributed by atoms with van der Waals surface area (Å²) >= 11 is 31.3. The van der Waals surface area contributed by atoms with Crippen LogP contribution < -0.4 is 10.6 Å². The Morgan fingerprint density at radius 3 is 2.23 bits per heavy atom. The van der Waals surface area contributed by atoms with Crippen molar-refractivity contribution in [3.05, 3.63) is 66.8 Å². The van der Waals surface area contributed by atoms with Gasteiger partial charge in [-0.25, -0.2) is 0 Å². The van der Waals surface area contributed by atoms with Gasteiger partial charge in [0.05, 0.1) is 37.6 Å². The van der Waals surface area contributed by atoms with E-state index in [0.717, 1.165) is 0 Å². The van der Waals surface area contributed by atoms with E-state index in [-0.39, 0.29) is 44.2 Å². The van der Waals surface area contributed by atoms with Crippen molar-refractivity contribution in [2.75, 3.05) is 11.1 Å². The molecule has 0 bridgehead atoms. The van der Waals surface area contributed by atoms with Crippen LogP contribution in [0.3, 0.4) is 0 Å². The van der Waals surface area contributed by atoms with Crippen molar-refractivity contribution in [3.8, 4) is 0 Å². The summed E-state index contributed by atoms with van der Waals surface area (Å²) in [5, 5.41) is 16.1. The van der Waals surface area contributed by atoms with E-state index < -0.39 is 6.04 Å². The summed E-state index contributed by atoms with van der Waals surface area (Å²) in [5.74, 6) is -0.0851. The van der Waals surface area contributed by atoms with Gasteiger partial charge < -0.3 is 15.2 Å². The summed E-state index contributed by atoms with van der Waals surface area (Å²) in [6, 6.07) is 7.21. The number of carbonyl (C=O) groups excluding carboxylic acids is 2. The van der Waals surface area contributed by atoms with Crippen molar-refractivity contribution >= 4 is 87.3 Å². The molecule has 2 amide bonds. The lowest BCUT2D eigenvalue weighted by Crippen LogP contribution is -2.33. The number of nitrogens with zero attached hydrogens (tertiary/aromatic N) is 3. The van der Waals surface area contributed by atoms with Gasteiger partial charge in [-0.05, 0) is 36.2 Å². The van der Waals surface area contributed by atoms with E-state index in [1.54, 1.807) is 23.7 Å². The molecule has 1 heterocycles. The van der Waals surface area contributed by atoms with Gasteiger partial charge in [0.15, 0.2) is 11.0 Å². The lowest BCUT2D eigenvalue weighted by molar-refractivity contribution is -0.113. The van der Waals surface area contributed by atoms with Gasteiger partial charge in [0, 0.05) is 17.6 Å². The Bertz CT molecular complexity index is 1240. The molecule has 0 spiro atoms. The molecule has 0 aliphatic heterocycles. The average Bonchev–Trinajstić information content (AvgIpc) is 3.14. The molecule has 0 aliphatic rings. The van der Waals surface area contributed by atoms with Gasteiger partial charge in [-0.3, -0.25) is 9.59 Å². The Morgan fingerprint density at radius 2 is 1.63 bits per heavy atom. The molecule has 0 fully saturated rings. The van der Waals surface area contributed by atoms with Crippen LogP contribution in [0.1, 0.15) is 36.1 Å². The van der Waals surface area contributed by atoms with Crippen molar-refractivity contribution in [2.24, 2.45) is 13.0 Å². The highest BCUT2D eigenvalue weighted by Gasteiger charge is 2.26. The first kappa shape index (κ1) is 27.9. The fraction of sp³-hybridized carbons (Fsp3) is 0.273. The maximum atomic E-state index is 12.8. The van der Waals surface area contributed by atoms with Crippen molar-refractivity contribution in [3.63, 3.8) is 0 Å². The quantitative estimate of drug-likeness (QED) is 0.276. The zero-order valence-corrected chi connectivity index (χ0v) is 23.3. The summed E-state index contributed by atoms with van der Waals surface area (Å²) in [6.07, 6.45) is 0. The first-order valence-corrected chi connectivity index (χ1v) is 13.1. The molecule has 0 saturated carbocycles. The molecule has 0 unspecified atom stereocenters. The Labute approximate surface area is 231 Å². The second-order valence-corrected chi connectivity index (χ2v) is 10.8. The first-order valence-electron chi connectivity index (χ1n) is 10.2. The molecule has 3 rings (SSSR count). The van der Waals surface area contributed by atoms with Crippen molar-refractivity contribution < 1.29 is 9.59 Å². The molecule has 3 aromatic rings. The highest BCUT2D eigenvalue weighted by molar-refractivity contribution is 7.99. The maximum absolute atomic E-state index is 12.8. The Kier molecular flexibility index (Phi) is 9.60. The Hall–Kier alpha value is -1.68. The molecule has 7 nitrogen and oxygen atoms in total. The standard InChI is InChI=1S/C22H20Cl5N5O2S/c1-10(2)18(29-21(34)11-4-5-13(24)14(25)6-11)20-30-31-22(32(20)3)35-9-17(33)28-19-15(26)7-12(23)8-16(19)27/h4-8,10,18H,9H2,1-3H3,(H,28,33)(H,29,34)/t18-/m0/s1. The number of hydrogen-bond donors (Lipinski definition) is 2. The fourth-order valence-electron chi connectivity index (χ4n) is 3.08. The second kappa shape index (κ2) is 12.0. The minimum absolute atomic E-state index is 0.0000378. The van der Waals surface area contributed by atoms with Crippen molar-refractivity contribution in [1.82, 2.24) is 20.1 Å². The second-order valence-electron chi connectivity index (χ2n) is 7.81. The number of aromatic nitrogens is 3. The van der Waals surface area contributed by atoms with Gasteiger partial charge in [0.25, 0.3) is 5.91 Å². The predicted molar refractivity (Wildman–Crippen MR) is 143 cm³/mol. The summed E-state index contributed by atoms with van der Waals surface area (Å²) in [7, 11) is 1.77. The SMILES string of the molecule is CC(C)[C@H](NC(=O)c1ccc(Cl)c(Cl)c1)c1nnc(SCC(=O)Nc2c(Cl)cc(Cl)cc2Cl)n1C. The third-order valence-electron chi connectivity index (χ3n) is 4.89. The van der Waals surface area contributed by atoms with Gasteiger partial charge in [-0.1, -0.05) is 83.6 Å². The molecule has 2 N–H and O–H groups in total. The number of halogens is 5. The highest BCUT2D eigenvalue weighted by atomic mass is 35.5. The van der Waals surface area contributed by atoms with Crippen LogP contribution in [0.25, 0.3) is 0 Å². The molecule has 0 radical (unpaired) electrons. The van der Waals surface area contributed by atoms with E-state index in [1.165, 1.54) is 30.0 Å². The first-order chi connectivity index (χ1) is 16.5. The van der Waals surface area contributed by atoms with Crippen LogP contribution in [0.4, 0.5) is 5.69 Å². The van der Waals surface area contributed by atoms with Crippen molar-refractivity contribution in [2.45, 2.75) is 25.0 Å². The lowest BCUT2D eigenvalue weighted by Gasteiger charge is -2.22. The number of benzene rings is 2. The summed E-state index contributed by atoms with van der Waals surface area (Å²) < 4.78 is 1.74. The molecular weight excluding hydrogens is 576 g/mol. The molecule has 0 aliphatic carbocycles. The maximum Gasteiger partial charge on any atom is 0.251 e. The molecule has 1 atom stereocenters. The smallest absolute Gasteiger partial charge is 0.251 e. The van der Waals surface area contributed by atoms with Crippen LogP contribution in [0.2, 0.25) is 25.1 Å². The Balaban J connectivity index is 1.69. The van der Waals surface area contributed by atoms with Gasteiger partial charge in [-0.15, -0.1) is 10.2 Å². The zero-order chi connectivity index (χ0) is 25.9. The highest BCUT2D eigenvalue weighted by Crippen LogP contribution is 2.34. The third kappa shape index (κ3) is 6.96. The molecule has 35 heavy (non-hydrogen) atoms. The molecule has 1 aromatic heterocycles. The lowest BCUT2D eigenvalue weighted by atomic mass is 10.0. The van der Waals surface area contributed by atoms with Crippen LogP contribution in [-0.4, -0.2) is 32.3 Å². The van der Waals surface area contributed by atoms with Crippen LogP contribution in [0, 0.1) is 5.92 Å². The van der Waals surface area contributed by atoms with Gasteiger partial charge in [0.1, 0.15) is 0 Å². The normalized spacial score (nSPS) is 12.0. The number of hydrogen-bond acceptors (Lipinski definition) is 5. The number of rotatable bonds is 8. The fourth-order valence-corrected chi connectivity index (χ4v) is 5.01. The van der Waals surface area contributed by atoms with E-state index in [4.69, 9.17) is 58.0 Å². The average molecular weight is 596 g/mol. The molecule has 13 heteroatoms. The van der Waals surface area contributed by atoms with E-state index in [9.17, 15) is 9.59 Å². The molecular formula is C22H20Cl5N5O2S. The van der Waals surface area contributed by atoms with E-state index in [2.05, 4.69) is 20.8 Å². The number of anilines is 1. The molecule has 0 saturated heterocycles. The van der Waals surface area contributed by atoms with Gasteiger partial charge in [0.2, 0.25) is 5.91 Å². The topological polar surface area (TPSA) is 88.9 Å². The summed E-state index contributed by atoms with van der Waals surface area (Å²) in [6.45, 7) is 3.91. The predicted octanol–water partition coefficient (Wildman–Crippen LogP) is 6.94. The van der Waals surface area contributed by atoms with Crippen LogP contribution in [0.5, 0.6) is 0 Å². The van der Waals surface area contributed by atoms with Gasteiger partial charge in [-0.2, -0.15) is 0 Å². The Morgan fingerprint density at radius 1 is 0.971 bits per heavy atom. The minimum Gasteiger partial charge on any atom is -0.342 e. The molecule has 2 aromatic carbocycles. The number of carbonyl (C=O) groups is 2. The van der Waals surface area contributed by atoms with E-state index >= 15 is 0 Å². The summed E-state index contributed by atoms with van der Waals surface area (Å²) in [5.41, 5.74) is 0.657. The number of nitrogens with one attached hydrogen (secondary N) is 2. The monoisotopic (exact) mass is 593 g/mol. The van der Waals surface area contributed by atoms with Gasteiger partial charge >= 0.3 is 0 Å². The summed E-state index contributed by atoms with van der Waals surface area (Å²) in [4.78, 5) is 25.3. The van der Waals surface area contributed by atoms with Crippen molar-refractivity contribution in [1.29, 1.82) is 0 Å². The van der Waals surface area contributed by atoms with E-state index in [1.807, 2.05) is 13.8 Å². The number of thioether (sulfide) groups is 1. The van der Waals surface area contributed by atoms with Crippen LogP contribution in [0.15, 0.2) is 35.5 Å². The largest absolute Gasteiger partial charge is 0.342 e. The zero-order valence-electron chi connectivity index (χ0n) is 18.7. The molecule has 186 valence electrons.